The van der Waals surface area contributed by atoms with Crippen LogP contribution in [0.3, 0.4) is 0 Å². The number of hydrogen-bond donors (Lipinski definition) is 3. The topological polar surface area (TPSA) is 101 Å². The molecule has 0 radical (unpaired) electrons. The lowest BCUT2D eigenvalue weighted by molar-refractivity contribution is 0.252. The van der Waals surface area contributed by atoms with Crippen LogP contribution in [0, 0.1) is 0 Å². The van der Waals surface area contributed by atoms with E-state index in [0.717, 1.165) is 11.5 Å². The number of anilines is 1. The quantitative estimate of drug-likeness (QED) is 0.689. The van der Waals surface area contributed by atoms with Crippen LogP contribution in [0.5, 0.6) is 0 Å². The SMILES string of the molecule is CCSCCNC(=O)Nc1cc(S(N)(=O)=O)ccc1Cl. The van der Waals surface area contributed by atoms with Crippen molar-refractivity contribution in [2.45, 2.75) is 11.8 Å². The van der Waals surface area contributed by atoms with Gasteiger partial charge in [0.1, 0.15) is 0 Å². The Hall–Kier alpha value is -0.960. The molecule has 1 rings (SSSR count). The normalized spacial score (nSPS) is 11.2. The molecule has 112 valence electrons. The van der Waals surface area contributed by atoms with Gasteiger partial charge in [-0.2, -0.15) is 11.8 Å². The fourth-order valence-corrected chi connectivity index (χ4v) is 2.56. The molecule has 0 spiro atoms. The molecule has 0 saturated carbocycles. The van der Waals surface area contributed by atoms with E-state index in [4.69, 9.17) is 16.7 Å². The fourth-order valence-electron chi connectivity index (χ4n) is 1.32. The van der Waals surface area contributed by atoms with E-state index in [1.807, 2.05) is 6.92 Å². The molecule has 1 aromatic carbocycles. The summed E-state index contributed by atoms with van der Waals surface area (Å²) in [5.41, 5.74) is 0.193. The predicted molar refractivity (Wildman–Crippen MR) is 82.8 cm³/mol. The van der Waals surface area contributed by atoms with Gasteiger partial charge in [0.15, 0.2) is 0 Å². The first-order valence-electron chi connectivity index (χ1n) is 5.79. The van der Waals surface area contributed by atoms with Gasteiger partial charge in [0.25, 0.3) is 0 Å². The number of hydrogen-bond acceptors (Lipinski definition) is 4. The Morgan fingerprint density at radius 1 is 1.45 bits per heavy atom. The zero-order valence-electron chi connectivity index (χ0n) is 10.8. The summed E-state index contributed by atoms with van der Waals surface area (Å²) in [5, 5.41) is 10.4. The molecule has 0 aliphatic carbocycles. The lowest BCUT2D eigenvalue weighted by atomic mass is 10.3. The number of sulfonamides is 1. The third-order valence-electron chi connectivity index (χ3n) is 2.25. The second kappa shape index (κ2) is 7.72. The maximum atomic E-state index is 11.6. The highest BCUT2D eigenvalue weighted by Crippen LogP contribution is 2.24. The van der Waals surface area contributed by atoms with E-state index < -0.39 is 16.1 Å². The minimum absolute atomic E-state index is 0.112. The monoisotopic (exact) mass is 337 g/mol. The first-order valence-corrected chi connectivity index (χ1v) is 8.87. The number of nitrogens with one attached hydrogen (secondary N) is 2. The number of primary sulfonamides is 1. The van der Waals surface area contributed by atoms with E-state index in [-0.39, 0.29) is 15.6 Å². The summed E-state index contributed by atoms with van der Waals surface area (Å²) in [7, 11) is -3.84. The predicted octanol–water partition coefficient (Wildman–Crippen LogP) is 1.86. The van der Waals surface area contributed by atoms with Crippen LogP contribution in [0.2, 0.25) is 5.02 Å². The minimum atomic E-state index is -3.84. The Kier molecular flexibility index (Phi) is 6.60. The van der Waals surface area contributed by atoms with Crippen LogP contribution in [0.4, 0.5) is 10.5 Å². The number of amides is 2. The van der Waals surface area contributed by atoms with Crippen molar-refractivity contribution in [1.29, 1.82) is 0 Å². The lowest BCUT2D eigenvalue weighted by Gasteiger charge is -2.10. The van der Waals surface area contributed by atoms with Crippen LogP contribution < -0.4 is 15.8 Å². The van der Waals surface area contributed by atoms with E-state index in [9.17, 15) is 13.2 Å². The summed E-state index contributed by atoms with van der Waals surface area (Å²) in [5.74, 6) is 1.78. The van der Waals surface area contributed by atoms with Gasteiger partial charge in [0.05, 0.1) is 15.6 Å². The maximum absolute atomic E-state index is 11.6. The summed E-state index contributed by atoms with van der Waals surface area (Å²) < 4.78 is 22.5. The highest BCUT2D eigenvalue weighted by Gasteiger charge is 2.12. The van der Waals surface area contributed by atoms with Crippen molar-refractivity contribution in [3.8, 4) is 0 Å². The third kappa shape index (κ3) is 5.58. The summed E-state index contributed by atoms with van der Waals surface area (Å²) in [6.07, 6.45) is 0. The van der Waals surface area contributed by atoms with Crippen LogP contribution in [0.1, 0.15) is 6.92 Å². The number of carbonyl (C=O) groups is 1. The first-order chi connectivity index (χ1) is 9.34. The molecular formula is C11H16ClN3O3S2. The molecule has 1 aromatic rings. The van der Waals surface area contributed by atoms with E-state index in [1.54, 1.807) is 11.8 Å². The molecule has 0 heterocycles. The maximum Gasteiger partial charge on any atom is 0.319 e. The molecule has 0 saturated heterocycles. The van der Waals surface area contributed by atoms with Gasteiger partial charge in [-0.1, -0.05) is 18.5 Å². The molecule has 0 bridgehead atoms. The molecule has 0 fully saturated rings. The second-order valence-electron chi connectivity index (χ2n) is 3.76. The van der Waals surface area contributed by atoms with Crippen LogP contribution in [0.25, 0.3) is 0 Å². The third-order valence-corrected chi connectivity index (χ3v) is 4.39. The van der Waals surface area contributed by atoms with E-state index in [1.165, 1.54) is 18.2 Å². The van der Waals surface area contributed by atoms with Crippen molar-refractivity contribution in [3.63, 3.8) is 0 Å². The van der Waals surface area contributed by atoms with Crippen LogP contribution in [0.15, 0.2) is 23.1 Å². The number of carbonyl (C=O) groups excluding carboxylic acids is 1. The van der Waals surface area contributed by atoms with Gasteiger partial charge >= 0.3 is 6.03 Å². The Labute approximate surface area is 127 Å². The van der Waals surface area contributed by atoms with Crippen LogP contribution >= 0.6 is 23.4 Å². The largest absolute Gasteiger partial charge is 0.337 e. The zero-order valence-corrected chi connectivity index (χ0v) is 13.2. The Balaban J connectivity index is 2.69. The first kappa shape index (κ1) is 17.1. The lowest BCUT2D eigenvalue weighted by Crippen LogP contribution is -2.30. The summed E-state index contributed by atoms with van der Waals surface area (Å²) >= 11 is 7.59. The number of halogens is 1. The second-order valence-corrected chi connectivity index (χ2v) is 7.13. The summed E-state index contributed by atoms with van der Waals surface area (Å²) in [4.78, 5) is 11.5. The average Bonchev–Trinajstić information content (AvgIpc) is 2.36. The number of nitrogens with two attached hydrogens (primary N) is 1. The summed E-state index contributed by atoms with van der Waals surface area (Å²) in [6.45, 7) is 2.54. The molecular weight excluding hydrogens is 322 g/mol. The Bertz CT molecular complexity index is 578. The van der Waals surface area contributed by atoms with Crippen LogP contribution in [-0.4, -0.2) is 32.5 Å². The highest BCUT2D eigenvalue weighted by atomic mass is 35.5. The van der Waals surface area contributed by atoms with Gasteiger partial charge in [-0.15, -0.1) is 0 Å². The number of benzene rings is 1. The van der Waals surface area contributed by atoms with Crippen LogP contribution in [-0.2, 0) is 10.0 Å². The Morgan fingerprint density at radius 2 is 2.15 bits per heavy atom. The number of rotatable bonds is 6. The Morgan fingerprint density at radius 3 is 2.75 bits per heavy atom. The molecule has 20 heavy (non-hydrogen) atoms. The fraction of sp³-hybridized carbons (Fsp3) is 0.364. The molecule has 0 unspecified atom stereocenters. The number of thioether (sulfide) groups is 1. The molecule has 2 amide bonds. The highest BCUT2D eigenvalue weighted by molar-refractivity contribution is 7.99. The molecule has 6 nitrogen and oxygen atoms in total. The molecule has 0 aliphatic rings. The van der Waals surface area contributed by atoms with Gasteiger partial charge in [0.2, 0.25) is 10.0 Å². The van der Waals surface area contributed by atoms with Gasteiger partial charge in [-0.3, -0.25) is 0 Å². The van der Waals surface area contributed by atoms with E-state index in [2.05, 4.69) is 10.6 Å². The van der Waals surface area contributed by atoms with Crippen molar-refractivity contribution in [1.82, 2.24) is 5.32 Å². The number of urea groups is 1. The van der Waals surface area contributed by atoms with Crippen molar-refractivity contribution in [3.05, 3.63) is 23.2 Å². The van der Waals surface area contributed by atoms with Crippen molar-refractivity contribution in [2.24, 2.45) is 5.14 Å². The van der Waals surface area contributed by atoms with Gasteiger partial charge in [-0.05, 0) is 24.0 Å². The smallest absolute Gasteiger partial charge is 0.319 e. The molecule has 0 atom stereocenters. The van der Waals surface area contributed by atoms with Crippen molar-refractivity contribution in [2.75, 3.05) is 23.4 Å². The van der Waals surface area contributed by atoms with E-state index in [0.29, 0.717) is 6.54 Å². The molecule has 9 heteroatoms. The van der Waals surface area contributed by atoms with Crippen molar-refractivity contribution < 1.29 is 13.2 Å². The average molecular weight is 338 g/mol. The van der Waals surface area contributed by atoms with Gasteiger partial charge < -0.3 is 10.6 Å². The standard InChI is InChI=1S/C11H16ClN3O3S2/c1-2-19-6-5-14-11(16)15-10-7-8(20(13,17)18)3-4-9(10)12/h3-4,7H,2,5-6H2,1H3,(H2,13,17,18)(H2,14,15,16). The molecule has 0 aliphatic heterocycles. The van der Waals surface area contributed by atoms with Crippen molar-refractivity contribution >= 4 is 45.1 Å². The molecule has 0 aromatic heterocycles. The summed E-state index contributed by atoms with van der Waals surface area (Å²) in [6, 6.07) is 3.41. The van der Waals surface area contributed by atoms with Gasteiger partial charge in [0, 0.05) is 12.3 Å². The van der Waals surface area contributed by atoms with E-state index >= 15 is 0 Å². The zero-order chi connectivity index (χ0) is 15.2. The van der Waals surface area contributed by atoms with Gasteiger partial charge in [-0.25, -0.2) is 18.4 Å². The molecule has 4 N–H and O–H groups in total. The minimum Gasteiger partial charge on any atom is -0.337 e.